The smallest absolute Gasteiger partial charge is 0.257 e. The van der Waals surface area contributed by atoms with E-state index in [-0.39, 0.29) is 12.5 Å². The Morgan fingerprint density at radius 1 is 1.35 bits per heavy atom. The molecule has 0 radical (unpaired) electrons. The fraction of sp³-hybridized carbons (Fsp3) is 0.562. The molecule has 0 aliphatic rings. The number of aryl methyl sites for hydroxylation is 1. The zero-order valence-corrected chi connectivity index (χ0v) is 13.2. The van der Waals surface area contributed by atoms with Crippen LogP contribution in [0.2, 0.25) is 0 Å². The van der Waals surface area contributed by atoms with Crippen LogP contribution >= 0.6 is 0 Å². The van der Waals surface area contributed by atoms with E-state index >= 15 is 0 Å². The summed E-state index contributed by atoms with van der Waals surface area (Å²) < 4.78 is 5.67. The molecule has 0 saturated carbocycles. The molecule has 20 heavy (non-hydrogen) atoms. The van der Waals surface area contributed by atoms with Gasteiger partial charge in [0, 0.05) is 13.1 Å². The summed E-state index contributed by atoms with van der Waals surface area (Å²) in [6.45, 7) is 7.79. The first-order valence-electron chi connectivity index (χ1n) is 7.05. The van der Waals surface area contributed by atoms with Gasteiger partial charge in [0.2, 0.25) is 0 Å². The maximum absolute atomic E-state index is 11.7. The van der Waals surface area contributed by atoms with E-state index in [9.17, 15) is 4.79 Å². The molecule has 0 spiro atoms. The van der Waals surface area contributed by atoms with Crippen LogP contribution in [0.25, 0.3) is 0 Å². The zero-order valence-electron chi connectivity index (χ0n) is 13.2. The monoisotopic (exact) mass is 278 g/mol. The number of nitrogens with one attached hydrogen (secondary N) is 1. The molecule has 0 aliphatic carbocycles. The normalized spacial score (nSPS) is 10.9. The molecular formula is C16H26N2O2. The van der Waals surface area contributed by atoms with Gasteiger partial charge in [0.25, 0.3) is 5.91 Å². The fourth-order valence-electron chi connectivity index (χ4n) is 1.86. The molecule has 0 saturated heterocycles. The van der Waals surface area contributed by atoms with Crippen molar-refractivity contribution in [3.8, 4) is 5.75 Å². The van der Waals surface area contributed by atoms with Crippen molar-refractivity contribution in [3.63, 3.8) is 0 Å². The number of amides is 1. The molecule has 0 unspecified atom stereocenters. The largest absolute Gasteiger partial charge is 0.483 e. The number of ether oxygens (including phenoxy) is 1. The van der Waals surface area contributed by atoms with Gasteiger partial charge >= 0.3 is 0 Å². The van der Waals surface area contributed by atoms with Crippen LogP contribution in [0, 0.1) is 6.92 Å². The number of carbonyl (C=O) groups excluding carboxylic acids is 1. The number of nitrogens with zero attached hydrogens (tertiary/aromatic N) is 1. The van der Waals surface area contributed by atoms with Crippen molar-refractivity contribution in [2.45, 2.75) is 26.7 Å². The number of hydrogen-bond donors (Lipinski definition) is 1. The van der Waals surface area contributed by atoms with E-state index < -0.39 is 0 Å². The highest BCUT2D eigenvalue weighted by Gasteiger charge is 2.10. The Labute approximate surface area is 122 Å². The van der Waals surface area contributed by atoms with Gasteiger partial charge in [-0.1, -0.05) is 26.0 Å². The summed E-state index contributed by atoms with van der Waals surface area (Å²) in [5, 5.41) is 2.84. The van der Waals surface area contributed by atoms with Crippen LogP contribution < -0.4 is 10.1 Å². The Morgan fingerprint density at radius 2 is 2.05 bits per heavy atom. The maximum atomic E-state index is 11.7. The summed E-state index contributed by atoms with van der Waals surface area (Å²) in [7, 11) is 3.95. The molecule has 0 fully saturated rings. The van der Waals surface area contributed by atoms with Gasteiger partial charge in [-0.3, -0.25) is 4.79 Å². The number of likely N-dealkylation sites (N-methyl/N-ethyl adjacent to an activating group) is 1. The highest BCUT2D eigenvalue weighted by Crippen LogP contribution is 2.27. The third-order valence-electron chi connectivity index (χ3n) is 3.03. The van der Waals surface area contributed by atoms with Gasteiger partial charge in [-0.2, -0.15) is 0 Å². The van der Waals surface area contributed by atoms with Gasteiger partial charge in [0.05, 0.1) is 0 Å². The summed E-state index contributed by atoms with van der Waals surface area (Å²) in [5.74, 6) is 1.10. The Hall–Kier alpha value is -1.55. The van der Waals surface area contributed by atoms with E-state index in [0.717, 1.165) is 23.4 Å². The zero-order chi connectivity index (χ0) is 15.1. The molecule has 0 atom stereocenters. The topological polar surface area (TPSA) is 41.6 Å². The fourth-order valence-corrected chi connectivity index (χ4v) is 1.86. The van der Waals surface area contributed by atoms with Crippen molar-refractivity contribution >= 4 is 5.91 Å². The molecule has 1 rings (SSSR count). The van der Waals surface area contributed by atoms with E-state index in [1.165, 1.54) is 0 Å². The van der Waals surface area contributed by atoms with Crippen molar-refractivity contribution in [2.24, 2.45) is 0 Å². The molecule has 4 heteroatoms. The first-order chi connectivity index (χ1) is 9.40. The maximum Gasteiger partial charge on any atom is 0.257 e. The molecule has 1 aromatic carbocycles. The lowest BCUT2D eigenvalue weighted by molar-refractivity contribution is -0.123. The van der Waals surface area contributed by atoms with Crippen LogP contribution in [0.3, 0.4) is 0 Å². The molecule has 0 heterocycles. The Morgan fingerprint density at radius 3 is 2.65 bits per heavy atom. The third kappa shape index (κ3) is 5.61. The van der Waals surface area contributed by atoms with Crippen LogP contribution in [-0.4, -0.2) is 44.6 Å². The lowest BCUT2D eigenvalue weighted by Gasteiger charge is -2.15. The quantitative estimate of drug-likeness (QED) is 0.831. The molecule has 1 aromatic rings. The predicted octanol–water partition coefficient (Wildman–Crippen LogP) is 2.18. The van der Waals surface area contributed by atoms with E-state index in [0.29, 0.717) is 12.5 Å². The van der Waals surface area contributed by atoms with Gasteiger partial charge in [0.1, 0.15) is 5.75 Å². The minimum absolute atomic E-state index is 0.0661. The minimum Gasteiger partial charge on any atom is -0.483 e. The van der Waals surface area contributed by atoms with Crippen molar-refractivity contribution in [3.05, 3.63) is 29.3 Å². The molecular weight excluding hydrogens is 252 g/mol. The molecule has 1 N–H and O–H groups in total. The Bertz CT molecular complexity index is 442. The summed E-state index contributed by atoms with van der Waals surface area (Å²) in [5.41, 5.74) is 2.27. The third-order valence-corrected chi connectivity index (χ3v) is 3.03. The van der Waals surface area contributed by atoms with Crippen molar-refractivity contribution in [1.29, 1.82) is 0 Å². The van der Waals surface area contributed by atoms with E-state index in [1.54, 1.807) is 0 Å². The predicted molar refractivity (Wildman–Crippen MR) is 82.3 cm³/mol. The molecule has 4 nitrogen and oxygen atoms in total. The summed E-state index contributed by atoms with van der Waals surface area (Å²) in [6, 6.07) is 6.13. The summed E-state index contributed by atoms with van der Waals surface area (Å²) in [6.07, 6.45) is 0. The van der Waals surface area contributed by atoms with Gasteiger partial charge in [-0.05, 0) is 44.1 Å². The first-order valence-corrected chi connectivity index (χ1v) is 7.05. The van der Waals surface area contributed by atoms with Gasteiger partial charge in [0.15, 0.2) is 6.61 Å². The van der Waals surface area contributed by atoms with Gasteiger partial charge < -0.3 is 15.0 Å². The van der Waals surface area contributed by atoms with Crippen LogP contribution in [0.1, 0.15) is 30.9 Å². The minimum atomic E-state index is -0.0805. The van der Waals surface area contributed by atoms with E-state index in [1.807, 2.05) is 32.0 Å². The highest BCUT2D eigenvalue weighted by atomic mass is 16.5. The molecule has 0 aromatic heterocycles. The SMILES string of the molecule is Cc1ccc(C(C)C)c(OCC(=O)NCCN(C)C)c1. The highest BCUT2D eigenvalue weighted by molar-refractivity contribution is 5.77. The lowest BCUT2D eigenvalue weighted by Crippen LogP contribution is -2.34. The average molecular weight is 278 g/mol. The van der Waals surface area contributed by atoms with Gasteiger partial charge in [-0.15, -0.1) is 0 Å². The van der Waals surface area contributed by atoms with E-state index in [4.69, 9.17) is 4.74 Å². The lowest BCUT2D eigenvalue weighted by atomic mass is 10.0. The van der Waals surface area contributed by atoms with Crippen LogP contribution in [-0.2, 0) is 4.79 Å². The van der Waals surface area contributed by atoms with Crippen molar-refractivity contribution in [1.82, 2.24) is 10.2 Å². The first kappa shape index (κ1) is 16.5. The van der Waals surface area contributed by atoms with Crippen LogP contribution in [0.15, 0.2) is 18.2 Å². The van der Waals surface area contributed by atoms with Crippen molar-refractivity contribution in [2.75, 3.05) is 33.8 Å². The Balaban J connectivity index is 2.52. The molecule has 1 amide bonds. The van der Waals surface area contributed by atoms with E-state index in [2.05, 4.69) is 31.3 Å². The molecule has 0 aliphatic heterocycles. The number of benzene rings is 1. The summed E-state index contributed by atoms with van der Waals surface area (Å²) in [4.78, 5) is 13.7. The van der Waals surface area contributed by atoms with Crippen LogP contribution in [0.5, 0.6) is 5.75 Å². The summed E-state index contributed by atoms with van der Waals surface area (Å²) >= 11 is 0. The second kappa shape index (κ2) is 7.90. The second-order valence-corrected chi connectivity index (χ2v) is 5.64. The Kier molecular flexibility index (Phi) is 6.52. The average Bonchev–Trinajstić information content (AvgIpc) is 2.35. The molecule has 0 bridgehead atoms. The number of hydrogen-bond acceptors (Lipinski definition) is 3. The number of rotatable bonds is 7. The molecule has 112 valence electrons. The van der Waals surface area contributed by atoms with Gasteiger partial charge in [-0.25, -0.2) is 0 Å². The van der Waals surface area contributed by atoms with Crippen molar-refractivity contribution < 1.29 is 9.53 Å². The second-order valence-electron chi connectivity index (χ2n) is 5.64. The van der Waals surface area contributed by atoms with Crippen LogP contribution in [0.4, 0.5) is 0 Å². The standard InChI is InChI=1S/C16H26N2O2/c1-12(2)14-7-6-13(3)10-15(14)20-11-16(19)17-8-9-18(4)5/h6-7,10,12H,8-9,11H2,1-5H3,(H,17,19). The number of carbonyl (C=O) groups is 1.